The van der Waals surface area contributed by atoms with Gasteiger partial charge in [-0.3, -0.25) is 10.1 Å². The van der Waals surface area contributed by atoms with Gasteiger partial charge in [0.05, 0.1) is 0 Å². The van der Waals surface area contributed by atoms with Crippen molar-refractivity contribution < 1.29 is 13.9 Å². The zero-order valence-corrected chi connectivity index (χ0v) is 19.9. The highest BCUT2D eigenvalue weighted by molar-refractivity contribution is 7.99. The molecule has 0 bridgehead atoms. The molecule has 4 rings (SSSR count). The molecular formula is C24H24N4O3S2. The summed E-state index contributed by atoms with van der Waals surface area (Å²) in [4.78, 5) is 12.6. The molecular weight excluding hydrogens is 456 g/mol. The van der Waals surface area contributed by atoms with E-state index in [0.29, 0.717) is 21.1 Å². The minimum Gasteiger partial charge on any atom is -0.486 e. The first-order valence-corrected chi connectivity index (χ1v) is 12.5. The monoisotopic (exact) mass is 480 g/mol. The fourth-order valence-corrected chi connectivity index (χ4v) is 5.33. The topological polar surface area (TPSA) is 101 Å². The predicted molar refractivity (Wildman–Crippen MR) is 129 cm³/mol. The van der Waals surface area contributed by atoms with Crippen molar-refractivity contribution in [2.45, 2.75) is 56.0 Å². The van der Waals surface area contributed by atoms with Crippen LogP contribution in [0.1, 0.15) is 48.4 Å². The zero-order chi connectivity index (χ0) is 23.0. The summed E-state index contributed by atoms with van der Waals surface area (Å²) in [6, 6.07) is 13.3. The maximum atomic E-state index is 12.6. The lowest BCUT2D eigenvalue weighted by atomic mass is 10.0. The molecule has 0 saturated heterocycles. The summed E-state index contributed by atoms with van der Waals surface area (Å²) in [7, 11) is 0. The number of thioether (sulfide) groups is 1. The summed E-state index contributed by atoms with van der Waals surface area (Å²) in [6.07, 6.45) is 7.66. The fraction of sp³-hybridized carbons (Fsp3) is 0.333. The Bertz CT molecular complexity index is 1170. The maximum absolute atomic E-state index is 12.6. The first-order chi connectivity index (χ1) is 16.1. The summed E-state index contributed by atoms with van der Waals surface area (Å²) >= 11 is 2.93. The summed E-state index contributed by atoms with van der Waals surface area (Å²) in [5.41, 5.74) is 1.04. The molecule has 0 unspecified atom stereocenters. The second kappa shape index (κ2) is 11.2. The van der Waals surface area contributed by atoms with Crippen molar-refractivity contribution in [2.75, 3.05) is 5.32 Å². The largest absolute Gasteiger partial charge is 0.486 e. The average Bonchev–Trinajstić information content (AvgIpc) is 3.46. The molecule has 1 aliphatic rings. The lowest BCUT2D eigenvalue weighted by Gasteiger charge is -2.19. The van der Waals surface area contributed by atoms with Gasteiger partial charge in [0.15, 0.2) is 10.1 Å². The molecule has 0 radical (unpaired) electrons. The Morgan fingerprint density at radius 2 is 2.15 bits per heavy atom. The van der Waals surface area contributed by atoms with Crippen molar-refractivity contribution >= 4 is 40.2 Å². The van der Waals surface area contributed by atoms with Crippen LogP contribution in [0.2, 0.25) is 0 Å². The number of benzene rings is 1. The molecule has 7 nitrogen and oxygen atoms in total. The van der Waals surface area contributed by atoms with Gasteiger partial charge in [0.25, 0.3) is 5.91 Å². The van der Waals surface area contributed by atoms with E-state index in [9.17, 15) is 10.1 Å². The first-order valence-electron chi connectivity index (χ1n) is 10.8. The zero-order valence-electron chi connectivity index (χ0n) is 18.2. The normalized spacial score (nSPS) is 14.6. The minimum atomic E-state index is -0.558. The molecule has 9 heteroatoms. The van der Waals surface area contributed by atoms with E-state index in [-0.39, 0.29) is 12.2 Å². The van der Waals surface area contributed by atoms with E-state index in [1.165, 1.54) is 49.5 Å². The third kappa shape index (κ3) is 6.70. The van der Waals surface area contributed by atoms with Crippen molar-refractivity contribution in [3.05, 3.63) is 58.3 Å². The van der Waals surface area contributed by atoms with Crippen LogP contribution in [0.15, 0.2) is 51.5 Å². The van der Waals surface area contributed by atoms with Gasteiger partial charge < -0.3 is 9.15 Å². The lowest BCUT2D eigenvalue weighted by molar-refractivity contribution is -0.112. The number of furan rings is 1. The van der Waals surface area contributed by atoms with Gasteiger partial charge in [-0.05, 0) is 49.6 Å². The van der Waals surface area contributed by atoms with Gasteiger partial charge in [-0.25, -0.2) is 0 Å². The maximum Gasteiger partial charge on any atom is 0.268 e. The number of rotatable bonds is 8. The van der Waals surface area contributed by atoms with Crippen LogP contribution in [-0.4, -0.2) is 21.4 Å². The highest BCUT2D eigenvalue weighted by atomic mass is 32.2. The molecule has 2 heterocycles. The third-order valence-electron chi connectivity index (χ3n) is 5.13. The van der Waals surface area contributed by atoms with Gasteiger partial charge in [0.2, 0.25) is 5.13 Å². The van der Waals surface area contributed by atoms with Crippen molar-refractivity contribution in [1.29, 1.82) is 5.26 Å². The second-order valence-electron chi connectivity index (χ2n) is 7.76. The van der Waals surface area contributed by atoms with E-state index < -0.39 is 5.91 Å². The van der Waals surface area contributed by atoms with Crippen molar-refractivity contribution in [3.63, 3.8) is 0 Å². The smallest absolute Gasteiger partial charge is 0.268 e. The lowest BCUT2D eigenvalue weighted by Crippen LogP contribution is -2.13. The highest BCUT2D eigenvalue weighted by Gasteiger charge is 2.17. The molecule has 0 atom stereocenters. The Morgan fingerprint density at radius 1 is 1.30 bits per heavy atom. The summed E-state index contributed by atoms with van der Waals surface area (Å²) < 4.78 is 11.5. The Balaban J connectivity index is 1.33. The van der Waals surface area contributed by atoms with Crippen LogP contribution in [0, 0.1) is 18.3 Å². The highest BCUT2D eigenvalue weighted by Crippen LogP contribution is 2.34. The van der Waals surface area contributed by atoms with E-state index >= 15 is 0 Å². The molecule has 1 N–H and O–H groups in total. The summed E-state index contributed by atoms with van der Waals surface area (Å²) in [5, 5.41) is 22.4. The molecule has 33 heavy (non-hydrogen) atoms. The van der Waals surface area contributed by atoms with Crippen LogP contribution >= 0.6 is 23.1 Å². The SMILES string of the molecule is Cc1cccc(OCc2nnc(NC(=O)C(C#N)=Cc3ccc(SC4CCCCC4)o3)s2)c1. The van der Waals surface area contributed by atoms with Gasteiger partial charge >= 0.3 is 0 Å². The standard InChI is InChI=1S/C24H24N4O3S2/c1-16-6-5-7-18(12-16)30-15-21-27-28-24(33-21)26-23(29)17(14-25)13-19-10-11-22(31-19)32-20-8-3-2-4-9-20/h5-7,10-13,20H,2-4,8-9,15H2,1H3,(H,26,28,29). The molecule has 2 aromatic heterocycles. The van der Waals surface area contributed by atoms with Gasteiger partial charge in [-0.15, -0.1) is 10.2 Å². The Morgan fingerprint density at radius 3 is 2.94 bits per heavy atom. The molecule has 0 spiro atoms. The number of aryl methyl sites for hydroxylation is 1. The average molecular weight is 481 g/mol. The molecule has 3 aromatic rings. The molecule has 1 saturated carbocycles. The molecule has 1 aromatic carbocycles. The van der Waals surface area contributed by atoms with Crippen LogP contribution in [0.5, 0.6) is 5.75 Å². The number of hydrogen-bond donors (Lipinski definition) is 1. The first kappa shape index (κ1) is 23.1. The Labute approximate surface area is 200 Å². The van der Waals surface area contributed by atoms with E-state index in [0.717, 1.165) is 16.4 Å². The Kier molecular flexibility index (Phi) is 7.81. The van der Waals surface area contributed by atoms with Gasteiger partial charge in [0.1, 0.15) is 29.8 Å². The molecule has 1 amide bonds. The number of aromatic nitrogens is 2. The third-order valence-corrected chi connectivity index (χ3v) is 7.20. The van der Waals surface area contributed by atoms with Crippen LogP contribution in [0.3, 0.4) is 0 Å². The van der Waals surface area contributed by atoms with Crippen LogP contribution in [0.25, 0.3) is 6.08 Å². The summed E-state index contributed by atoms with van der Waals surface area (Å²) in [5.74, 6) is 0.659. The number of ether oxygens (including phenoxy) is 1. The number of hydrogen-bond acceptors (Lipinski definition) is 8. The minimum absolute atomic E-state index is 0.0636. The van der Waals surface area contributed by atoms with E-state index in [1.54, 1.807) is 17.8 Å². The number of nitrogens with zero attached hydrogens (tertiary/aromatic N) is 3. The van der Waals surface area contributed by atoms with Crippen LogP contribution in [-0.2, 0) is 11.4 Å². The summed E-state index contributed by atoms with van der Waals surface area (Å²) in [6.45, 7) is 2.23. The number of nitriles is 1. The fourth-order valence-electron chi connectivity index (χ4n) is 3.49. The number of nitrogens with one attached hydrogen (secondary N) is 1. The van der Waals surface area contributed by atoms with Gasteiger partial charge in [-0.2, -0.15) is 5.26 Å². The number of anilines is 1. The van der Waals surface area contributed by atoms with Crippen molar-refractivity contribution in [1.82, 2.24) is 10.2 Å². The molecule has 1 aliphatic carbocycles. The number of amides is 1. The van der Waals surface area contributed by atoms with Crippen LogP contribution < -0.4 is 10.1 Å². The molecule has 170 valence electrons. The van der Waals surface area contributed by atoms with Gasteiger partial charge in [-0.1, -0.05) is 54.5 Å². The van der Waals surface area contributed by atoms with E-state index in [1.807, 2.05) is 43.3 Å². The quantitative estimate of drug-likeness (QED) is 0.312. The van der Waals surface area contributed by atoms with E-state index in [4.69, 9.17) is 9.15 Å². The molecule has 1 fully saturated rings. The Hall–Kier alpha value is -3.09. The number of carbonyl (C=O) groups is 1. The predicted octanol–water partition coefficient (Wildman–Crippen LogP) is 5.99. The van der Waals surface area contributed by atoms with E-state index in [2.05, 4.69) is 15.5 Å². The van der Waals surface area contributed by atoms with Crippen molar-refractivity contribution in [2.24, 2.45) is 0 Å². The van der Waals surface area contributed by atoms with Crippen molar-refractivity contribution in [3.8, 4) is 11.8 Å². The molecule has 0 aliphatic heterocycles. The second-order valence-corrected chi connectivity index (χ2v) is 10.1. The van der Waals surface area contributed by atoms with Gasteiger partial charge in [0, 0.05) is 11.3 Å². The van der Waals surface area contributed by atoms with Crippen LogP contribution in [0.4, 0.5) is 5.13 Å². The number of carbonyl (C=O) groups excluding carboxylic acids is 1.